The summed E-state index contributed by atoms with van der Waals surface area (Å²) in [5, 5.41) is 0. The number of hydrogen-bond donors (Lipinski definition) is 0. The molecule has 0 aliphatic heterocycles. The molecule has 0 spiro atoms. The van der Waals surface area contributed by atoms with Crippen molar-refractivity contribution in [2.24, 2.45) is 0 Å². The molecule has 2 aromatic rings. The number of halogens is 1. The first-order valence-electron chi connectivity index (χ1n) is 5.04. The molecule has 0 fully saturated rings. The normalized spacial score (nSPS) is 11.8. The summed E-state index contributed by atoms with van der Waals surface area (Å²) in [6.07, 6.45) is 3.32. The Morgan fingerprint density at radius 3 is 2.56 bits per heavy atom. The Labute approximate surface area is 103 Å². The summed E-state index contributed by atoms with van der Waals surface area (Å²) >= 11 is 3.41. The third-order valence-electron chi connectivity index (χ3n) is 2.18. The summed E-state index contributed by atoms with van der Waals surface area (Å²) in [6.45, 7) is 6.27. The predicted octanol–water partition coefficient (Wildman–Crippen LogP) is 3.80. The lowest BCUT2D eigenvalue weighted by atomic mass is 9.95. The number of furan rings is 1. The third-order valence-corrected chi connectivity index (χ3v) is 2.59. The molecule has 0 bridgehead atoms. The van der Waals surface area contributed by atoms with E-state index in [-0.39, 0.29) is 5.41 Å². The molecule has 0 atom stereocenters. The van der Waals surface area contributed by atoms with Crippen LogP contribution in [0, 0.1) is 0 Å². The van der Waals surface area contributed by atoms with Crippen molar-refractivity contribution in [2.75, 3.05) is 0 Å². The van der Waals surface area contributed by atoms with Crippen molar-refractivity contribution in [3.05, 3.63) is 35.1 Å². The maximum absolute atomic E-state index is 5.06. The van der Waals surface area contributed by atoms with Crippen molar-refractivity contribution in [3.63, 3.8) is 0 Å². The molecule has 3 nitrogen and oxygen atoms in total. The van der Waals surface area contributed by atoms with Gasteiger partial charge in [-0.15, -0.1) is 0 Å². The number of rotatable bonds is 1. The van der Waals surface area contributed by atoms with Crippen molar-refractivity contribution in [1.82, 2.24) is 9.97 Å². The topological polar surface area (TPSA) is 38.9 Å². The Bertz CT molecular complexity index is 486. The van der Waals surface area contributed by atoms with Crippen molar-refractivity contribution in [2.45, 2.75) is 26.2 Å². The van der Waals surface area contributed by atoms with Crippen LogP contribution in [0.3, 0.4) is 0 Å². The van der Waals surface area contributed by atoms with Crippen LogP contribution in [0.2, 0.25) is 0 Å². The fraction of sp³-hybridized carbons (Fsp3) is 0.333. The van der Waals surface area contributed by atoms with Crippen molar-refractivity contribution >= 4 is 15.9 Å². The molecule has 0 saturated heterocycles. The van der Waals surface area contributed by atoms with E-state index in [0.717, 1.165) is 21.7 Å². The molecule has 0 aromatic carbocycles. The van der Waals surface area contributed by atoms with Crippen LogP contribution in [0.15, 0.2) is 33.7 Å². The summed E-state index contributed by atoms with van der Waals surface area (Å²) in [6, 6.07) is 3.78. The van der Waals surface area contributed by atoms with Gasteiger partial charge in [-0.05, 0) is 28.1 Å². The second-order valence-electron chi connectivity index (χ2n) is 4.66. The average molecular weight is 281 g/mol. The molecule has 0 N–H and O–H groups in total. The standard InChI is InChI=1S/C12H13BrN2O/c1-12(2,3)11-14-9(6-10(13)15-11)8-4-5-16-7-8/h4-7H,1-3H3. The van der Waals surface area contributed by atoms with Gasteiger partial charge in [-0.2, -0.15) is 0 Å². The lowest BCUT2D eigenvalue weighted by Crippen LogP contribution is -2.16. The van der Waals surface area contributed by atoms with Crippen LogP contribution in [0.1, 0.15) is 26.6 Å². The van der Waals surface area contributed by atoms with Gasteiger partial charge >= 0.3 is 0 Å². The molecular formula is C12H13BrN2O. The molecule has 2 heterocycles. The summed E-state index contributed by atoms with van der Waals surface area (Å²) in [7, 11) is 0. The van der Waals surface area contributed by atoms with Crippen LogP contribution in [-0.2, 0) is 5.41 Å². The van der Waals surface area contributed by atoms with Crippen molar-refractivity contribution in [1.29, 1.82) is 0 Å². The highest BCUT2D eigenvalue weighted by atomic mass is 79.9. The molecule has 0 unspecified atom stereocenters. The Hall–Kier alpha value is -1.16. The Morgan fingerprint density at radius 1 is 1.25 bits per heavy atom. The molecule has 2 rings (SSSR count). The van der Waals surface area contributed by atoms with Gasteiger partial charge in [-0.3, -0.25) is 0 Å². The van der Waals surface area contributed by atoms with Gasteiger partial charge in [0.05, 0.1) is 18.2 Å². The fourth-order valence-electron chi connectivity index (χ4n) is 1.31. The molecule has 16 heavy (non-hydrogen) atoms. The van der Waals surface area contributed by atoms with Gasteiger partial charge in [0.25, 0.3) is 0 Å². The van der Waals surface area contributed by atoms with Gasteiger partial charge < -0.3 is 4.42 Å². The van der Waals surface area contributed by atoms with Gasteiger partial charge in [0.1, 0.15) is 10.4 Å². The Kier molecular flexibility index (Phi) is 2.84. The highest BCUT2D eigenvalue weighted by Crippen LogP contribution is 2.25. The molecule has 0 aliphatic rings. The van der Waals surface area contributed by atoms with Crippen molar-refractivity contribution in [3.8, 4) is 11.3 Å². The van der Waals surface area contributed by atoms with Gasteiger partial charge in [0.2, 0.25) is 0 Å². The van der Waals surface area contributed by atoms with Gasteiger partial charge in [-0.25, -0.2) is 9.97 Å². The number of aromatic nitrogens is 2. The SMILES string of the molecule is CC(C)(C)c1nc(Br)cc(-c2ccoc2)n1. The molecule has 0 radical (unpaired) electrons. The summed E-state index contributed by atoms with van der Waals surface area (Å²) in [5.41, 5.74) is 1.77. The quantitative estimate of drug-likeness (QED) is 0.746. The zero-order valence-corrected chi connectivity index (χ0v) is 11.1. The van der Waals surface area contributed by atoms with E-state index in [1.54, 1.807) is 12.5 Å². The fourth-order valence-corrected chi connectivity index (χ4v) is 1.70. The van der Waals surface area contributed by atoms with Crippen LogP contribution < -0.4 is 0 Å². The Balaban J connectivity index is 2.53. The first-order chi connectivity index (χ1) is 7.47. The highest BCUT2D eigenvalue weighted by molar-refractivity contribution is 9.10. The van der Waals surface area contributed by atoms with E-state index in [9.17, 15) is 0 Å². The minimum Gasteiger partial charge on any atom is -0.472 e. The lowest BCUT2D eigenvalue weighted by Gasteiger charge is -2.17. The largest absolute Gasteiger partial charge is 0.472 e. The van der Waals surface area contributed by atoms with Gasteiger partial charge in [-0.1, -0.05) is 20.8 Å². The second-order valence-corrected chi connectivity index (χ2v) is 5.47. The van der Waals surface area contributed by atoms with E-state index < -0.39 is 0 Å². The zero-order chi connectivity index (χ0) is 11.8. The summed E-state index contributed by atoms with van der Waals surface area (Å²) in [5.74, 6) is 0.818. The number of nitrogens with zero attached hydrogens (tertiary/aromatic N) is 2. The van der Waals surface area contributed by atoms with Crippen LogP contribution in [0.25, 0.3) is 11.3 Å². The molecule has 2 aromatic heterocycles. The number of hydrogen-bond acceptors (Lipinski definition) is 3. The predicted molar refractivity (Wildman–Crippen MR) is 66.1 cm³/mol. The van der Waals surface area contributed by atoms with E-state index in [2.05, 4.69) is 46.7 Å². The summed E-state index contributed by atoms with van der Waals surface area (Å²) in [4.78, 5) is 8.94. The zero-order valence-electron chi connectivity index (χ0n) is 9.49. The maximum atomic E-state index is 5.06. The van der Waals surface area contributed by atoms with E-state index in [0.29, 0.717) is 0 Å². The third kappa shape index (κ3) is 2.32. The van der Waals surface area contributed by atoms with Crippen LogP contribution in [0.4, 0.5) is 0 Å². The molecule has 4 heteroatoms. The molecular weight excluding hydrogens is 268 g/mol. The smallest absolute Gasteiger partial charge is 0.135 e. The molecule has 0 aliphatic carbocycles. The van der Waals surface area contributed by atoms with E-state index in [1.165, 1.54) is 0 Å². The monoisotopic (exact) mass is 280 g/mol. The average Bonchev–Trinajstić information content (AvgIpc) is 2.68. The van der Waals surface area contributed by atoms with Crippen LogP contribution >= 0.6 is 15.9 Å². The summed E-state index contributed by atoms with van der Waals surface area (Å²) < 4.78 is 5.85. The minimum absolute atomic E-state index is 0.0672. The van der Waals surface area contributed by atoms with E-state index in [1.807, 2.05) is 12.1 Å². The molecule has 0 saturated carbocycles. The van der Waals surface area contributed by atoms with E-state index >= 15 is 0 Å². The lowest BCUT2D eigenvalue weighted by molar-refractivity contribution is 0.544. The van der Waals surface area contributed by atoms with Gasteiger partial charge in [0, 0.05) is 11.0 Å². The Morgan fingerprint density at radius 2 is 2.00 bits per heavy atom. The first-order valence-corrected chi connectivity index (χ1v) is 5.84. The van der Waals surface area contributed by atoms with E-state index in [4.69, 9.17) is 4.42 Å². The minimum atomic E-state index is -0.0672. The maximum Gasteiger partial charge on any atom is 0.135 e. The highest BCUT2D eigenvalue weighted by Gasteiger charge is 2.19. The second kappa shape index (κ2) is 4.01. The van der Waals surface area contributed by atoms with Gasteiger partial charge in [0.15, 0.2) is 0 Å². The molecule has 84 valence electrons. The van der Waals surface area contributed by atoms with Crippen LogP contribution in [-0.4, -0.2) is 9.97 Å². The van der Waals surface area contributed by atoms with Crippen LogP contribution in [0.5, 0.6) is 0 Å². The molecule has 0 amide bonds. The first kappa shape index (κ1) is 11.3. The van der Waals surface area contributed by atoms with Crippen molar-refractivity contribution < 1.29 is 4.42 Å².